The number of nitro groups is 1. The van der Waals surface area contributed by atoms with Crippen LogP contribution < -0.4 is 4.90 Å². The highest BCUT2D eigenvalue weighted by Crippen LogP contribution is 2.27. The number of ether oxygens (including phenoxy) is 1. The van der Waals surface area contributed by atoms with Crippen molar-refractivity contribution in [1.82, 2.24) is 0 Å². The third-order valence-electron chi connectivity index (χ3n) is 4.12. The van der Waals surface area contributed by atoms with Gasteiger partial charge in [0.25, 0.3) is 5.69 Å². The molecule has 1 atom stereocenters. The first-order chi connectivity index (χ1) is 12.4. The number of carbonyl (C=O) groups excluding carboxylic acids is 2. The van der Waals surface area contributed by atoms with Crippen molar-refractivity contribution >= 4 is 39.2 Å². The van der Waals surface area contributed by atoms with Gasteiger partial charge < -0.3 is 9.64 Å². The van der Waals surface area contributed by atoms with Gasteiger partial charge in [0, 0.05) is 35.3 Å². The maximum Gasteiger partial charge on any atom is 0.311 e. The van der Waals surface area contributed by atoms with Gasteiger partial charge in [0.15, 0.2) is 0 Å². The quantitative estimate of drug-likeness (QED) is 0.421. The molecular weight excluding hydrogens is 404 g/mol. The molecular formula is C18H15BrN2O5. The van der Waals surface area contributed by atoms with Crippen LogP contribution in [0.25, 0.3) is 0 Å². The molecule has 1 aliphatic rings. The average molecular weight is 419 g/mol. The number of halogens is 1. The summed E-state index contributed by atoms with van der Waals surface area (Å²) in [5.41, 5.74) is 1.37. The average Bonchev–Trinajstić information content (AvgIpc) is 3.02. The van der Waals surface area contributed by atoms with Crippen LogP contribution in [-0.2, 0) is 20.9 Å². The van der Waals surface area contributed by atoms with Crippen molar-refractivity contribution < 1.29 is 19.2 Å². The van der Waals surface area contributed by atoms with E-state index in [0.29, 0.717) is 5.56 Å². The fraction of sp³-hybridized carbons (Fsp3) is 0.222. The van der Waals surface area contributed by atoms with Crippen LogP contribution in [0.2, 0.25) is 0 Å². The molecule has 1 aliphatic heterocycles. The Morgan fingerprint density at radius 1 is 1.19 bits per heavy atom. The lowest BCUT2D eigenvalue weighted by molar-refractivity contribution is -0.384. The van der Waals surface area contributed by atoms with Crippen molar-refractivity contribution in [3.05, 3.63) is 68.7 Å². The molecule has 1 heterocycles. The van der Waals surface area contributed by atoms with Gasteiger partial charge in [-0.3, -0.25) is 19.7 Å². The molecule has 2 aromatic carbocycles. The van der Waals surface area contributed by atoms with Crippen molar-refractivity contribution in [3.8, 4) is 0 Å². The number of carbonyl (C=O) groups is 2. The summed E-state index contributed by atoms with van der Waals surface area (Å²) in [6.45, 7) is 0.291. The van der Waals surface area contributed by atoms with Gasteiger partial charge in [0.2, 0.25) is 5.91 Å². The summed E-state index contributed by atoms with van der Waals surface area (Å²) in [6.07, 6.45) is 0.106. The number of benzene rings is 2. The molecule has 0 bridgehead atoms. The van der Waals surface area contributed by atoms with Crippen molar-refractivity contribution in [3.63, 3.8) is 0 Å². The van der Waals surface area contributed by atoms with Crippen LogP contribution in [0.4, 0.5) is 11.4 Å². The third-order valence-corrected chi connectivity index (χ3v) is 4.65. The largest absolute Gasteiger partial charge is 0.461 e. The minimum atomic E-state index is -0.524. The molecule has 26 heavy (non-hydrogen) atoms. The van der Waals surface area contributed by atoms with E-state index >= 15 is 0 Å². The van der Waals surface area contributed by atoms with Gasteiger partial charge in [-0.25, -0.2) is 0 Å². The molecule has 7 nitrogen and oxygen atoms in total. The predicted octanol–water partition coefficient (Wildman–Crippen LogP) is 3.45. The first-order valence-electron chi connectivity index (χ1n) is 7.90. The Labute approximate surface area is 157 Å². The summed E-state index contributed by atoms with van der Waals surface area (Å²) >= 11 is 3.34. The molecule has 0 unspecified atom stereocenters. The summed E-state index contributed by atoms with van der Waals surface area (Å²) < 4.78 is 6.18. The SMILES string of the molecule is O=C(OCc1ccc([N+](=O)[O-])cc1)[C@H]1CC(=O)N(c2ccc(Br)cc2)C1. The minimum absolute atomic E-state index is 0.0137. The van der Waals surface area contributed by atoms with E-state index in [0.717, 1.165) is 10.2 Å². The number of esters is 1. The van der Waals surface area contributed by atoms with E-state index in [1.54, 1.807) is 17.0 Å². The number of nitrogens with zero attached hydrogens (tertiary/aromatic N) is 2. The lowest BCUT2D eigenvalue weighted by Crippen LogP contribution is -2.26. The highest BCUT2D eigenvalue weighted by Gasteiger charge is 2.36. The molecule has 3 rings (SSSR count). The van der Waals surface area contributed by atoms with Gasteiger partial charge in [0.05, 0.1) is 10.8 Å². The number of non-ortho nitro benzene ring substituents is 1. The van der Waals surface area contributed by atoms with Crippen molar-refractivity contribution in [2.24, 2.45) is 5.92 Å². The Bertz CT molecular complexity index is 836. The third kappa shape index (κ3) is 4.08. The van der Waals surface area contributed by atoms with Crippen molar-refractivity contribution in [2.45, 2.75) is 13.0 Å². The zero-order valence-electron chi connectivity index (χ0n) is 13.6. The molecule has 0 aromatic heterocycles. The number of anilines is 1. The first kappa shape index (κ1) is 18.1. The predicted molar refractivity (Wildman–Crippen MR) is 97.5 cm³/mol. The fourth-order valence-corrected chi connectivity index (χ4v) is 2.99. The molecule has 0 saturated carbocycles. The van der Waals surface area contributed by atoms with Crippen LogP contribution in [0.3, 0.4) is 0 Å². The summed E-state index contributed by atoms with van der Waals surface area (Å²) in [7, 11) is 0. The molecule has 1 saturated heterocycles. The number of hydrogen-bond donors (Lipinski definition) is 0. The van der Waals surface area contributed by atoms with Crippen LogP contribution >= 0.6 is 15.9 Å². The Kier molecular flexibility index (Phi) is 5.32. The van der Waals surface area contributed by atoms with E-state index in [2.05, 4.69) is 15.9 Å². The first-order valence-corrected chi connectivity index (χ1v) is 8.69. The molecule has 8 heteroatoms. The van der Waals surface area contributed by atoms with Gasteiger partial charge in [-0.15, -0.1) is 0 Å². The molecule has 2 aromatic rings. The van der Waals surface area contributed by atoms with E-state index < -0.39 is 16.8 Å². The van der Waals surface area contributed by atoms with Gasteiger partial charge in [0.1, 0.15) is 6.61 Å². The topological polar surface area (TPSA) is 89.7 Å². The van der Waals surface area contributed by atoms with Crippen molar-refractivity contribution in [2.75, 3.05) is 11.4 Å². The Morgan fingerprint density at radius 2 is 1.85 bits per heavy atom. The molecule has 0 radical (unpaired) electrons. The Balaban J connectivity index is 1.57. The second-order valence-electron chi connectivity index (χ2n) is 5.91. The van der Waals surface area contributed by atoms with E-state index in [4.69, 9.17) is 4.74 Å². The molecule has 0 spiro atoms. The molecule has 0 N–H and O–H groups in total. The molecule has 0 aliphatic carbocycles. The summed E-state index contributed by atoms with van der Waals surface area (Å²) in [6, 6.07) is 13.1. The highest BCUT2D eigenvalue weighted by molar-refractivity contribution is 9.10. The lowest BCUT2D eigenvalue weighted by atomic mass is 10.1. The number of amides is 1. The maximum atomic E-state index is 12.3. The summed E-state index contributed by atoms with van der Waals surface area (Å²) in [4.78, 5) is 36.2. The normalized spacial score (nSPS) is 16.6. The number of hydrogen-bond acceptors (Lipinski definition) is 5. The second kappa shape index (κ2) is 7.65. The molecule has 134 valence electrons. The number of rotatable bonds is 5. The van der Waals surface area contributed by atoms with E-state index in [-0.39, 0.29) is 31.2 Å². The Hall–Kier alpha value is -2.74. The van der Waals surface area contributed by atoms with Gasteiger partial charge in [-0.05, 0) is 42.0 Å². The maximum absolute atomic E-state index is 12.3. The summed E-state index contributed by atoms with van der Waals surface area (Å²) in [5.74, 6) is -1.09. The van der Waals surface area contributed by atoms with E-state index in [9.17, 15) is 19.7 Å². The van der Waals surface area contributed by atoms with Gasteiger partial charge >= 0.3 is 5.97 Å². The minimum Gasteiger partial charge on any atom is -0.461 e. The standard InChI is InChI=1S/C18H15BrN2O5/c19-14-3-7-15(8-4-14)20-10-13(9-17(20)22)18(23)26-11-12-1-5-16(6-2-12)21(24)25/h1-8,13H,9-11H2/t13-/m0/s1. The fourth-order valence-electron chi connectivity index (χ4n) is 2.72. The summed E-state index contributed by atoms with van der Waals surface area (Å²) in [5, 5.41) is 10.6. The monoisotopic (exact) mass is 418 g/mol. The second-order valence-corrected chi connectivity index (χ2v) is 6.83. The van der Waals surface area contributed by atoms with Crippen LogP contribution in [0, 0.1) is 16.0 Å². The zero-order chi connectivity index (χ0) is 18.7. The molecule has 1 fully saturated rings. The highest BCUT2D eigenvalue weighted by atomic mass is 79.9. The van der Waals surface area contributed by atoms with Crippen LogP contribution in [0.15, 0.2) is 53.0 Å². The smallest absolute Gasteiger partial charge is 0.311 e. The Morgan fingerprint density at radius 3 is 2.46 bits per heavy atom. The molecule has 1 amide bonds. The van der Waals surface area contributed by atoms with Crippen molar-refractivity contribution in [1.29, 1.82) is 0 Å². The van der Waals surface area contributed by atoms with E-state index in [1.165, 1.54) is 12.1 Å². The van der Waals surface area contributed by atoms with Crippen LogP contribution in [0.5, 0.6) is 0 Å². The van der Waals surface area contributed by atoms with Crippen LogP contribution in [-0.4, -0.2) is 23.3 Å². The zero-order valence-corrected chi connectivity index (χ0v) is 15.2. The van der Waals surface area contributed by atoms with Gasteiger partial charge in [-0.2, -0.15) is 0 Å². The van der Waals surface area contributed by atoms with E-state index in [1.807, 2.05) is 24.3 Å². The lowest BCUT2D eigenvalue weighted by Gasteiger charge is -2.16. The van der Waals surface area contributed by atoms with Gasteiger partial charge in [-0.1, -0.05) is 15.9 Å². The van der Waals surface area contributed by atoms with Crippen LogP contribution in [0.1, 0.15) is 12.0 Å². The number of nitro benzene ring substituents is 1.